The summed E-state index contributed by atoms with van der Waals surface area (Å²) < 4.78 is 1.65. The summed E-state index contributed by atoms with van der Waals surface area (Å²) in [6, 6.07) is 6.45. The Balaban J connectivity index is 2.91. The molecule has 0 radical (unpaired) electrons. The van der Waals surface area contributed by atoms with Crippen molar-refractivity contribution in [3.05, 3.63) is 58.4 Å². The number of aromatic carboxylic acids is 1. The van der Waals surface area contributed by atoms with E-state index in [1.807, 2.05) is 13.8 Å². The zero-order valence-electron chi connectivity index (χ0n) is 12.3. The molecule has 1 atom stereocenters. The third kappa shape index (κ3) is 2.75. The number of nitrogens with zero attached hydrogens (tertiary/aromatic N) is 1. The van der Waals surface area contributed by atoms with Crippen molar-refractivity contribution in [1.29, 1.82) is 0 Å². The van der Waals surface area contributed by atoms with Crippen molar-refractivity contribution < 1.29 is 9.90 Å². The van der Waals surface area contributed by atoms with E-state index < -0.39 is 5.97 Å². The van der Waals surface area contributed by atoms with Crippen LogP contribution in [0.1, 0.15) is 42.1 Å². The predicted molar refractivity (Wildman–Crippen MR) is 84.1 cm³/mol. The van der Waals surface area contributed by atoms with Gasteiger partial charge >= 0.3 is 5.97 Å². The summed E-state index contributed by atoms with van der Waals surface area (Å²) in [4.78, 5) is 23.4. The predicted octanol–water partition coefficient (Wildman–Crippen LogP) is 3.40. The first-order valence-corrected chi connectivity index (χ1v) is 7.01. The van der Waals surface area contributed by atoms with Crippen LogP contribution in [0.25, 0.3) is 10.9 Å². The highest BCUT2D eigenvalue weighted by Crippen LogP contribution is 2.28. The van der Waals surface area contributed by atoms with Gasteiger partial charge in [0.05, 0.1) is 11.1 Å². The second-order valence-corrected chi connectivity index (χ2v) is 5.19. The average Bonchev–Trinajstić information content (AvgIpc) is 2.48. The molecule has 0 aliphatic rings. The zero-order valence-corrected chi connectivity index (χ0v) is 12.3. The van der Waals surface area contributed by atoms with E-state index in [-0.39, 0.29) is 17.0 Å². The Bertz CT molecular complexity index is 758. The highest BCUT2D eigenvalue weighted by atomic mass is 16.4. The van der Waals surface area contributed by atoms with E-state index in [9.17, 15) is 14.7 Å². The molecule has 1 aromatic carbocycles. The summed E-state index contributed by atoms with van der Waals surface area (Å²) in [7, 11) is 0. The molecule has 110 valence electrons. The van der Waals surface area contributed by atoms with E-state index in [1.165, 1.54) is 6.07 Å². The van der Waals surface area contributed by atoms with Gasteiger partial charge in [0.25, 0.3) is 5.56 Å². The summed E-state index contributed by atoms with van der Waals surface area (Å²) in [5.41, 5.74) is 1.85. The Labute approximate surface area is 123 Å². The maximum absolute atomic E-state index is 12.1. The number of hydrogen-bond acceptors (Lipinski definition) is 2. The molecule has 1 unspecified atom stereocenters. The number of rotatable bonds is 5. The number of carboxylic acids is 1. The van der Waals surface area contributed by atoms with Crippen LogP contribution in [-0.4, -0.2) is 15.6 Å². The molecule has 0 aliphatic heterocycles. The van der Waals surface area contributed by atoms with Gasteiger partial charge in [-0.25, -0.2) is 4.79 Å². The van der Waals surface area contributed by atoms with Crippen LogP contribution in [0.4, 0.5) is 0 Å². The maximum Gasteiger partial charge on any atom is 0.335 e. The quantitative estimate of drug-likeness (QED) is 0.856. The summed E-state index contributed by atoms with van der Waals surface area (Å²) in [5, 5.41) is 10.0. The van der Waals surface area contributed by atoms with Gasteiger partial charge in [-0.1, -0.05) is 19.9 Å². The lowest BCUT2D eigenvalue weighted by Gasteiger charge is -2.17. The van der Waals surface area contributed by atoms with Gasteiger partial charge in [0, 0.05) is 12.6 Å². The summed E-state index contributed by atoms with van der Waals surface area (Å²) in [6.07, 6.45) is 2.54. The highest BCUT2D eigenvalue weighted by molar-refractivity contribution is 5.95. The number of hydrogen-bond donors (Lipinski definition) is 1. The molecule has 2 rings (SSSR count). The molecule has 1 N–H and O–H groups in total. The SMILES string of the molecule is C=CCn1c(=O)ccc2cc(C(=O)O)cc(C(C)CC)c21. The third-order valence-corrected chi connectivity index (χ3v) is 3.81. The fraction of sp³-hybridized carbons (Fsp3) is 0.294. The van der Waals surface area contributed by atoms with E-state index in [2.05, 4.69) is 6.58 Å². The zero-order chi connectivity index (χ0) is 15.6. The molecule has 0 fully saturated rings. The van der Waals surface area contributed by atoms with E-state index in [0.717, 1.165) is 22.9 Å². The molecule has 0 saturated heterocycles. The number of benzene rings is 1. The number of allylic oxidation sites excluding steroid dienone is 1. The van der Waals surface area contributed by atoms with E-state index in [0.29, 0.717) is 6.54 Å². The van der Waals surface area contributed by atoms with Crippen molar-refractivity contribution >= 4 is 16.9 Å². The van der Waals surface area contributed by atoms with Crippen molar-refractivity contribution in [1.82, 2.24) is 4.57 Å². The molecule has 0 bridgehead atoms. The Morgan fingerprint density at radius 2 is 2.14 bits per heavy atom. The first-order valence-electron chi connectivity index (χ1n) is 7.01. The summed E-state index contributed by atoms with van der Waals surface area (Å²) in [6.45, 7) is 8.18. The topological polar surface area (TPSA) is 59.3 Å². The molecule has 4 nitrogen and oxygen atoms in total. The molecule has 2 aromatic rings. The molecule has 0 aliphatic carbocycles. The van der Waals surface area contributed by atoms with Crippen LogP contribution in [0.3, 0.4) is 0 Å². The summed E-state index contributed by atoms with van der Waals surface area (Å²) in [5.74, 6) is -0.785. The molecule has 0 amide bonds. The van der Waals surface area contributed by atoms with Gasteiger partial charge < -0.3 is 9.67 Å². The van der Waals surface area contributed by atoms with Gasteiger partial charge in [-0.2, -0.15) is 0 Å². The van der Waals surface area contributed by atoms with Gasteiger partial charge in [-0.05, 0) is 41.5 Å². The average molecular weight is 285 g/mol. The minimum atomic E-state index is -0.956. The Kier molecular flexibility index (Phi) is 4.26. The standard InChI is InChI=1S/C17H19NO3/c1-4-8-18-15(19)7-6-12-9-13(17(20)21)10-14(16(12)18)11(3)5-2/h4,6-7,9-11H,1,5,8H2,2-3H3,(H,20,21). The van der Waals surface area contributed by atoms with Crippen molar-refractivity contribution in [2.24, 2.45) is 0 Å². The van der Waals surface area contributed by atoms with E-state index in [1.54, 1.807) is 28.8 Å². The Morgan fingerprint density at radius 3 is 2.71 bits per heavy atom. The van der Waals surface area contributed by atoms with Crippen molar-refractivity contribution in [3.63, 3.8) is 0 Å². The molecule has 1 heterocycles. The molecule has 0 saturated carbocycles. The third-order valence-electron chi connectivity index (χ3n) is 3.81. The Hall–Kier alpha value is -2.36. The van der Waals surface area contributed by atoms with Crippen LogP contribution in [0.2, 0.25) is 0 Å². The fourth-order valence-electron chi connectivity index (χ4n) is 2.51. The van der Waals surface area contributed by atoms with E-state index in [4.69, 9.17) is 0 Å². The second-order valence-electron chi connectivity index (χ2n) is 5.19. The lowest BCUT2D eigenvalue weighted by atomic mass is 9.93. The minimum Gasteiger partial charge on any atom is -0.478 e. The Morgan fingerprint density at radius 1 is 1.43 bits per heavy atom. The van der Waals surface area contributed by atoms with E-state index >= 15 is 0 Å². The highest BCUT2D eigenvalue weighted by Gasteiger charge is 2.16. The molecule has 21 heavy (non-hydrogen) atoms. The van der Waals surface area contributed by atoms with Crippen LogP contribution in [0.15, 0.2) is 41.7 Å². The second kappa shape index (κ2) is 5.95. The van der Waals surface area contributed by atoms with Crippen molar-refractivity contribution in [3.8, 4) is 0 Å². The van der Waals surface area contributed by atoms with Gasteiger partial charge in [0.15, 0.2) is 0 Å². The van der Waals surface area contributed by atoms with Crippen LogP contribution < -0.4 is 5.56 Å². The van der Waals surface area contributed by atoms with Crippen molar-refractivity contribution in [2.45, 2.75) is 32.7 Å². The van der Waals surface area contributed by atoms with Gasteiger partial charge in [-0.15, -0.1) is 6.58 Å². The first-order chi connectivity index (χ1) is 9.99. The maximum atomic E-state index is 12.1. The monoisotopic (exact) mass is 285 g/mol. The lowest BCUT2D eigenvalue weighted by molar-refractivity contribution is 0.0697. The van der Waals surface area contributed by atoms with Crippen LogP contribution in [0.5, 0.6) is 0 Å². The number of carboxylic acid groups (broad SMARTS) is 1. The van der Waals surface area contributed by atoms with Gasteiger partial charge in [0.2, 0.25) is 0 Å². The molecule has 4 heteroatoms. The van der Waals surface area contributed by atoms with Gasteiger partial charge in [-0.3, -0.25) is 4.79 Å². The molecule has 0 spiro atoms. The summed E-state index contributed by atoms with van der Waals surface area (Å²) >= 11 is 0. The molecule has 1 aromatic heterocycles. The number of carbonyl (C=O) groups is 1. The number of pyridine rings is 1. The lowest BCUT2D eigenvalue weighted by Crippen LogP contribution is -2.20. The first kappa shape index (κ1) is 15.0. The van der Waals surface area contributed by atoms with Crippen LogP contribution >= 0.6 is 0 Å². The van der Waals surface area contributed by atoms with Crippen molar-refractivity contribution in [2.75, 3.05) is 0 Å². The molecular formula is C17H19NO3. The fourth-order valence-corrected chi connectivity index (χ4v) is 2.51. The minimum absolute atomic E-state index is 0.102. The van der Waals surface area contributed by atoms with Gasteiger partial charge in [0.1, 0.15) is 0 Å². The van der Waals surface area contributed by atoms with Crippen LogP contribution in [-0.2, 0) is 6.54 Å². The molecular weight excluding hydrogens is 266 g/mol. The number of fused-ring (bicyclic) bond motifs is 1. The largest absolute Gasteiger partial charge is 0.478 e. The number of aromatic nitrogens is 1. The normalized spacial score (nSPS) is 12.3. The smallest absolute Gasteiger partial charge is 0.335 e. The van der Waals surface area contributed by atoms with Crippen LogP contribution in [0, 0.1) is 0 Å².